The molecule has 0 bridgehead atoms. The van der Waals surface area contributed by atoms with Gasteiger partial charge in [0.15, 0.2) is 0 Å². The highest BCUT2D eigenvalue weighted by atomic mass is 16.5. The van der Waals surface area contributed by atoms with Gasteiger partial charge in [-0.15, -0.1) is 4.91 Å². The fraction of sp³-hybridized carbons (Fsp3) is 0.412. The number of ether oxygens (including phenoxy) is 1. The summed E-state index contributed by atoms with van der Waals surface area (Å²) in [4.78, 5) is 61.9. The van der Waals surface area contributed by atoms with Gasteiger partial charge >= 0.3 is 0 Å². The summed E-state index contributed by atoms with van der Waals surface area (Å²) in [5, 5.41) is 11.0. The third kappa shape index (κ3) is 11.7. The Morgan fingerprint density at radius 2 is 1.64 bits per heavy atom. The Morgan fingerprint density at radius 1 is 0.956 bits per heavy atom. The number of nitrogens with zero attached hydrogens (tertiary/aromatic N) is 2. The fourth-order valence-electron chi connectivity index (χ4n) is 4.80. The molecule has 45 heavy (non-hydrogen) atoms. The maximum atomic E-state index is 12.8. The molecule has 1 aliphatic rings. The third-order valence-electron chi connectivity index (χ3n) is 7.41. The van der Waals surface area contributed by atoms with Gasteiger partial charge in [0.25, 0.3) is 0 Å². The Labute approximate surface area is 264 Å². The molecule has 11 nitrogen and oxygen atoms in total. The second-order valence-electron chi connectivity index (χ2n) is 11.4. The molecule has 0 aromatic heterocycles. The van der Waals surface area contributed by atoms with Gasteiger partial charge in [0.05, 0.1) is 12.3 Å². The lowest BCUT2D eigenvalue weighted by atomic mass is 10.0. The minimum Gasteiger partial charge on any atom is -0.494 e. The Morgan fingerprint density at radius 3 is 2.27 bits per heavy atom. The summed E-state index contributed by atoms with van der Waals surface area (Å²) >= 11 is 0. The molecule has 1 atom stereocenters. The van der Waals surface area contributed by atoms with Gasteiger partial charge in [-0.2, -0.15) is 0 Å². The molecule has 1 heterocycles. The zero-order chi connectivity index (χ0) is 32.8. The molecular weight excluding hydrogens is 574 g/mol. The van der Waals surface area contributed by atoms with Gasteiger partial charge in [-0.25, -0.2) is 0 Å². The van der Waals surface area contributed by atoms with Crippen LogP contribution in [0.5, 0.6) is 0 Å². The van der Waals surface area contributed by atoms with Gasteiger partial charge < -0.3 is 25.6 Å². The molecule has 1 aliphatic heterocycles. The molecule has 0 spiro atoms. The van der Waals surface area contributed by atoms with Crippen LogP contribution in [0, 0.1) is 10.8 Å². The predicted molar refractivity (Wildman–Crippen MR) is 173 cm³/mol. The number of rotatable bonds is 18. The molecule has 2 aromatic rings. The summed E-state index contributed by atoms with van der Waals surface area (Å²) in [6, 6.07) is 13.2. The highest BCUT2D eigenvalue weighted by molar-refractivity contribution is 5.96. The van der Waals surface area contributed by atoms with E-state index >= 15 is 0 Å². The first-order chi connectivity index (χ1) is 21.5. The van der Waals surface area contributed by atoms with Crippen LogP contribution >= 0.6 is 0 Å². The number of unbranched alkanes of at least 4 members (excludes halogenated alkanes) is 2. The van der Waals surface area contributed by atoms with Crippen LogP contribution in [0.25, 0.3) is 0 Å². The Balaban J connectivity index is 1.33. The number of likely N-dealkylation sites (tertiary alicyclic amines) is 1. The van der Waals surface area contributed by atoms with Crippen molar-refractivity contribution in [3.63, 3.8) is 0 Å². The minimum absolute atomic E-state index is 0.106. The fourth-order valence-corrected chi connectivity index (χ4v) is 4.80. The summed E-state index contributed by atoms with van der Waals surface area (Å²) in [6.07, 6.45) is 4.21. The number of anilines is 1. The van der Waals surface area contributed by atoms with Crippen molar-refractivity contribution in [3.05, 3.63) is 89.2 Å². The van der Waals surface area contributed by atoms with E-state index in [0.29, 0.717) is 56.0 Å². The first kappa shape index (κ1) is 34.7. The van der Waals surface area contributed by atoms with Crippen molar-refractivity contribution in [3.8, 4) is 0 Å². The lowest BCUT2D eigenvalue weighted by Crippen LogP contribution is -2.51. The molecule has 1 fully saturated rings. The van der Waals surface area contributed by atoms with E-state index in [-0.39, 0.29) is 30.7 Å². The highest BCUT2D eigenvalue weighted by Gasteiger charge is 2.25. The van der Waals surface area contributed by atoms with Crippen molar-refractivity contribution >= 4 is 35.0 Å². The topological polar surface area (TPSA) is 146 Å². The van der Waals surface area contributed by atoms with E-state index in [1.165, 1.54) is 0 Å². The zero-order valence-electron chi connectivity index (χ0n) is 26.1. The number of allylic oxidation sites excluding steroid dienone is 2. The van der Waals surface area contributed by atoms with Crippen molar-refractivity contribution < 1.29 is 23.9 Å². The predicted octanol–water partition coefficient (Wildman–Crippen LogP) is 5.25. The van der Waals surface area contributed by atoms with Crippen LogP contribution in [0.2, 0.25) is 0 Å². The van der Waals surface area contributed by atoms with Gasteiger partial charge in [-0.3, -0.25) is 19.2 Å². The largest absolute Gasteiger partial charge is 0.494 e. The van der Waals surface area contributed by atoms with Gasteiger partial charge in [0.1, 0.15) is 18.3 Å². The highest BCUT2D eigenvalue weighted by Crippen LogP contribution is 2.21. The van der Waals surface area contributed by atoms with Crippen LogP contribution in [0.4, 0.5) is 11.4 Å². The van der Waals surface area contributed by atoms with E-state index in [1.807, 2.05) is 26.0 Å². The maximum Gasteiger partial charge on any atom is 0.243 e. The van der Waals surface area contributed by atoms with Crippen LogP contribution in [-0.2, 0) is 36.9 Å². The number of carbonyl (C=O) groups excluding carboxylic acids is 4. The molecule has 240 valence electrons. The van der Waals surface area contributed by atoms with Crippen LogP contribution in [0.3, 0.4) is 0 Å². The van der Waals surface area contributed by atoms with E-state index in [9.17, 15) is 24.1 Å². The lowest BCUT2D eigenvalue weighted by molar-refractivity contribution is -0.130. The molecule has 11 heteroatoms. The summed E-state index contributed by atoms with van der Waals surface area (Å²) in [7, 11) is 0. The second kappa shape index (κ2) is 17.5. The number of nitrogens with one attached hydrogen (secondary N) is 3. The van der Waals surface area contributed by atoms with Crippen molar-refractivity contribution in [2.24, 2.45) is 11.1 Å². The summed E-state index contributed by atoms with van der Waals surface area (Å²) < 4.78 is 5.74. The van der Waals surface area contributed by atoms with Gasteiger partial charge in [0.2, 0.25) is 23.6 Å². The SMILES string of the molecule is C=C(Cc1ccc(N=O)cc1)OCc1ccc(NC(=O)CNC(=O)C(NC(=O)CCCCCN2C(=C)CCC2=O)C(C)C)cc1. The molecule has 4 amide bonds. The number of benzene rings is 2. The molecule has 0 saturated carbocycles. The summed E-state index contributed by atoms with van der Waals surface area (Å²) in [5.74, 6) is -0.545. The molecule has 2 aromatic carbocycles. The van der Waals surface area contributed by atoms with E-state index in [0.717, 1.165) is 29.7 Å². The first-order valence-electron chi connectivity index (χ1n) is 15.2. The zero-order valence-corrected chi connectivity index (χ0v) is 26.1. The lowest BCUT2D eigenvalue weighted by Gasteiger charge is -2.22. The molecular formula is C34H43N5O6. The Kier molecular flexibility index (Phi) is 13.5. The number of carbonyl (C=O) groups is 4. The molecule has 1 saturated heterocycles. The average molecular weight is 618 g/mol. The summed E-state index contributed by atoms with van der Waals surface area (Å²) in [6.45, 7) is 12.2. The normalized spacial score (nSPS) is 13.4. The number of hydrogen-bond donors (Lipinski definition) is 3. The Bertz CT molecular complexity index is 1350. The van der Waals surface area contributed by atoms with Crippen molar-refractivity contribution in [1.29, 1.82) is 0 Å². The maximum absolute atomic E-state index is 12.8. The van der Waals surface area contributed by atoms with Gasteiger partial charge in [-0.05, 0) is 65.7 Å². The van der Waals surface area contributed by atoms with Crippen LogP contribution < -0.4 is 16.0 Å². The second-order valence-corrected chi connectivity index (χ2v) is 11.4. The van der Waals surface area contributed by atoms with Crippen molar-refractivity contribution in [2.75, 3.05) is 18.4 Å². The minimum atomic E-state index is -0.766. The Hall–Kier alpha value is -4.80. The molecule has 3 rings (SSSR count). The monoisotopic (exact) mass is 617 g/mol. The van der Waals surface area contributed by atoms with Crippen LogP contribution in [0.1, 0.15) is 63.5 Å². The van der Waals surface area contributed by atoms with E-state index in [4.69, 9.17) is 4.74 Å². The molecule has 0 aliphatic carbocycles. The van der Waals surface area contributed by atoms with Gasteiger partial charge in [-0.1, -0.05) is 57.7 Å². The number of nitroso groups, excluding NO2 is 1. The third-order valence-corrected chi connectivity index (χ3v) is 7.41. The molecule has 3 N–H and O–H groups in total. The van der Waals surface area contributed by atoms with E-state index in [2.05, 4.69) is 34.3 Å². The quantitative estimate of drug-likeness (QED) is 0.118. The van der Waals surface area contributed by atoms with E-state index in [1.54, 1.807) is 41.3 Å². The van der Waals surface area contributed by atoms with Crippen molar-refractivity contribution in [1.82, 2.24) is 15.5 Å². The van der Waals surface area contributed by atoms with Crippen LogP contribution in [-0.4, -0.2) is 47.7 Å². The van der Waals surface area contributed by atoms with E-state index < -0.39 is 17.9 Å². The van der Waals surface area contributed by atoms with Gasteiger partial charge in [0, 0.05) is 37.2 Å². The van der Waals surface area contributed by atoms with Crippen molar-refractivity contribution in [2.45, 2.75) is 71.4 Å². The summed E-state index contributed by atoms with van der Waals surface area (Å²) in [5.41, 5.74) is 3.61. The molecule has 0 radical (unpaired) electrons. The number of hydrogen-bond acceptors (Lipinski definition) is 7. The average Bonchev–Trinajstić information content (AvgIpc) is 3.34. The number of amides is 4. The molecule has 1 unspecified atom stereocenters. The smallest absolute Gasteiger partial charge is 0.243 e. The standard InChI is InChI=1S/C34H43N5O6/c1-23(2)33(37-30(40)8-6-5-7-19-39-24(3)9-18-32(39)42)34(43)35-21-31(41)36-28-14-12-27(13-15-28)22-45-25(4)20-26-10-16-29(38-44)17-11-26/h10-17,23,33H,3-9,18-22H2,1-2H3,(H,35,43)(H,36,41)(H,37,40). The van der Waals surface area contributed by atoms with Crippen LogP contribution in [0.15, 0.2) is 78.3 Å². The first-order valence-corrected chi connectivity index (χ1v) is 15.2.